The second kappa shape index (κ2) is 3.85. The van der Waals surface area contributed by atoms with Crippen molar-refractivity contribution in [2.75, 3.05) is 13.1 Å². The number of carbonyl (C=O) groups is 1. The SMILES string of the molecule is O=C(c1cc2ccc(Br)cc2[nH]1)N1CC(O)C1. The van der Waals surface area contributed by atoms with Gasteiger partial charge >= 0.3 is 0 Å². The Morgan fingerprint density at radius 2 is 2.18 bits per heavy atom. The number of aliphatic hydroxyl groups is 1. The maximum absolute atomic E-state index is 12.0. The van der Waals surface area contributed by atoms with E-state index in [9.17, 15) is 9.90 Å². The Morgan fingerprint density at radius 3 is 2.88 bits per heavy atom. The Morgan fingerprint density at radius 1 is 1.41 bits per heavy atom. The van der Waals surface area contributed by atoms with Crippen molar-refractivity contribution < 1.29 is 9.90 Å². The summed E-state index contributed by atoms with van der Waals surface area (Å²) in [6.07, 6.45) is -0.363. The standard InChI is InChI=1S/C12H11BrN2O2/c13-8-2-1-7-3-11(14-10(7)4-8)12(17)15-5-9(16)6-15/h1-4,9,14,16H,5-6H2. The van der Waals surface area contributed by atoms with Crippen LogP contribution in [-0.2, 0) is 0 Å². The second-order valence-corrected chi connectivity index (χ2v) is 5.19. The molecule has 0 unspecified atom stereocenters. The van der Waals surface area contributed by atoms with Crippen LogP contribution in [0.4, 0.5) is 0 Å². The Hall–Kier alpha value is -1.33. The van der Waals surface area contributed by atoms with Gasteiger partial charge in [0.25, 0.3) is 5.91 Å². The van der Waals surface area contributed by atoms with E-state index in [0.29, 0.717) is 18.8 Å². The molecule has 0 aliphatic carbocycles. The second-order valence-electron chi connectivity index (χ2n) is 4.28. The van der Waals surface area contributed by atoms with E-state index in [-0.39, 0.29) is 12.0 Å². The molecule has 2 aromatic rings. The zero-order valence-electron chi connectivity index (χ0n) is 8.98. The number of hydrogen-bond acceptors (Lipinski definition) is 2. The molecule has 17 heavy (non-hydrogen) atoms. The summed E-state index contributed by atoms with van der Waals surface area (Å²) in [6.45, 7) is 0.857. The molecule has 1 aromatic carbocycles. The number of carbonyl (C=O) groups excluding carboxylic acids is 1. The van der Waals surface area contributed by atoms with E-state index in [1.165, 1.54) is 0 Å². The fourth-order valence-electron chi connectivity index (χ4n) is 2.01. The normalized spacial score (nSPS) is 16.2. The van der Waals surface area contributed by atoms with Crippen LogP contribution in [0.15, 0.2) is 28.7 Å². The Balaban J connectivity index is 1.93. The molecule has 88 valence electrons. The minimum atomic E-state index is -0.363. The molecule has 0 saturated carbocycles. The predicted octanol–water partition coefficient (Wildman–Crippen LogP) is 1.75. The lowest BCUT2D eigenvalue weighted by molar-refractivity contribution is 0.00557. The Bertz CT molecular complexity index is 587. The molecule has 0 radical (unpaired) electrons. The van der Waals surface area contributed by atoms with Gasteiger partial charge in [-0.15, -0.1) is 0 Å². The van der Waals surface area contributed by atoms with Crippen molar-refractivity contribution in [2.45, 2.75) is 6.10 Å². The molecule has 5 heteroatoms. The van der Waals surface area contributed by atoms with Gasteiger partial charge in [0.15, 0.2) is 0 Å². The molecule has 2 heterocycles. The van der Waals surface area contributed by atoms with Crippen molar-refractivity contribution in [2.24, 2.45) is 0 Å². The lowest BCUT2D eigenvalue weighted by Gasteiger charge is -2.35. The van der Waals surface area contributed by atoms with Crippen LogP contribution < -0.4 is 0 Å². The molecule has 1 saturated heterocycles. The van der Waals surface area contributed by atoms with Gasteiger partial charge in [-0.1, -0.05) is 22.0 Å². The van der Waals surface area contributed by atoms with Gasteiger partial charge in [-0.25, -0.2) is 0 Å². The van der Waals surface area contributed by atoms with E-state index in [1.807, 2.05) is 24.3 Å². The molecule has 0 bridgehead atoms. The molecule has 0 spiro atoms. The van der Waals surface area contributed by atoms with Crippen LogP contribution in [0.3, 0.4) is 0 Å². The lowest BCUT2D eigenvalue weighted by Crippen LogP contribution is -2.53. The van der Waals surface area contributed by atoms with Crippen LogP contribution >= 0.6 is 15.9 Å². The minimum Gasteiger partial charge on any atom is -0.389 e. The summed E-state index contributed by atoms with van der Waals surface area (Å²) in [5.41, 5.74) is 1.51. The van der Waals surface area contributed by atoms with Gasteiger partial charge < -0.3 is 15.0 Å². The highest BCUT2D eigenvalue weighted by Crippen LogP contribution is 2.22. The first-order valence-electron chi connectivity index (χ1n) is 5.39. The summed E-state index contributed by atoms with van der Waals surface area (Å²) in [7, 11) is 0. The maximum Gasteiger partial charge on any atom is 0.270 e. The van der Waals surface area contributed by atoms with E-state index in [2.05, 4.69) is 20.9 Å². The lowest BCUT2D eigenvalue weighted by atomic mass is 10.1. The van der Waals surface area contributed by atoms with Gasteiger partial charge in [0.2, 0.25) is 0 Å². The van der Waals surface area contributed by atoms with Crippen molar-refractivity contribution in [1.29, 1.82) is 0 Å². The van der Waals surface area contributed by atoms with E-state index in [4.69, 9.17) is 0 Å². The van der Waals surface area contributed by atoms with Gasteiger partial charge in [-0.05, 0) is 18.2 Å². The summed E-state index contributed by atoms with van der Waals surface area (Å²) >= 11 is 3.39. The smallest absolute Gasteiger partial charge is 0.270 e. The van der Waals surface area contributed by atoms with Crippen molar-refractivity contribution in [3.63, 3.8) is 0 Å². The largest absolute Gasteiger partial charge is 0.389 e. The number of nitrogens with one attached hydrogen (secondary N) is 1. The average Bonchev–Trinajstić information content (AvgIpc) is 2.66. The molecule has 1 fully saturated rings. The molecule has 1 aliphatic heterocycles. The van der Waals surface area contributed by atoms with Gasteiger partial charge in [-0.3, -0.25) is 4.79 Å². The Labute approximate surface area is 106 Å². The first kappa shape index (κ1) is 10.8. The fraction of sp³-hybridized carbons (Fsp3) is 0.250. The zero-order chi connectivity index (χ0) is 12.0. The molecular weight excluding hydrogens is 284 g/mol. The van der Waals surface area contributed by atoms with E-state index in [0.717, 1.165) is 15.4 Å². The number of aromatic nitrogens is 1. The molecular formula is C12H11BrN2O2. The number of aromatic amines is 1. The minimum absolute atomic E-state index is 0.0531. The van der Waals surface area contributed by atoms with Crippen molar-refractivity contribution in [3.8, 4) is 0 Å². The van der Waals surface area contributed by atoms with Gasteiger partial charge in [-0.2, -0.15) is 0 Å². The maximum atomic E-state index is 12.0. The number of β-amino-alcohol motifs (C(OH)–C–C–N with tert-alkyl or cyclic N) is 1. The average molecular weight is 295 g/mol. The van der Waals surface area contributed by atoms with Crippen LogP contribution in [0, 0.1) is 0 Å². The van der Waals surface area contributed by atoms with Crippen molar-refractivity contribution >= 4 is 32.7 Å². The highest BCUT2D eigenvalue weighted by molar-refractivity contribution is 9.10. The quantitative estimate of drug-likeness (QED) is 0.842. The third-order valence-corrected chi connectivity index (χ3v) is 3.46. The topological polar surface area (TPSA) is 56.3 Å². The van der Waals surface area contributed by atoms with Crippen molar-refractivity contribution in [3.05, 3.63) is 34.4 Å². The van der Waals surface area contributed by atoms with Crippen LogP contribution in [0.5, 0.6) is 0 Å². The first-order valence-corrected chi connectivity index (χ1v) is 6.18. The van der Waals surface area contributed by atoms with Gasteiger partial charge in [0, 0.05) is 28.5 Å². The van der Waals surface area contributed by atoms with Crippen LogP contribution in [0.25, 0.3) is 10.9 Å². The molecule has 0 atom stereocenters. The molecule has 2 N–H and O–H groups in total. The monoisotopic (exact) mass is 294 g/mol. The highest BCUT2D eigenvalue weighted by Gasteiger charge is 2.30. The number of likely N-dealkylation sites (tertiary alicyclic amines) is 1. The molecule has 4 nitrogen and oxygen atoms in total. The molecule has 1 aliphatic rings. The summed E-state index contributed by atoms with van der Waals surface area (Å²) in [4.78, 5) is 16.7. The highest BCUT2D eigenvalue weighted by atomic mass is 79.9. The molecule has 1 aromatic heterocycles. The third kappa shape index (κ3) is 1.85. The molecule has 3 rings (SSSR count). The van der Waals surface area contributed by atoms with Crippen LogP contribution in [0.2, 0.25) is 0 Å². The first-order chi connectivity index (χ1) is 8.13. The van der Waals surface area contributed by atoms with Crippen LogP contribution in [0.1, 0.15) is 10.5 Å². The summed E-state index contributed by atoms with van der Waals surface area (Å²) in [5.74, 6) is -0.0531. The van der Waals surface area contributed by atoms with Gasteiger partial charge in [0.1, 0.15) is 5.69 Å². The number of amides is 1. The number of fused-ring (bicyclic) bond motifs is 1. The molecule has 1 amide bonds. The van der Waals surface area contributed by atoms with Gasteiger partial charge in [0.05, 0.1) is 6.10 Å². The number of hydrogen-bond donors (Lipinski definition) is 2. The summed E-state index contributed by atoms with van der Waals surface area (Å²) in [5, 5.41) is 10.2. The van der Waals surface area contributed by atoms with Crippen LogP contribution in [-0.4, -0.2) is 40.1 Å². The van der Waals surface area contributed by atoms with E-state index >= 15 is 0 Å². The number of benzene rings is 1. The fourth-order valence-corrected chi connectivity index (χ4v) is 2.37. The van der Waals surface area contributed by atoms with E-state index < -0.39 is 0 Å². The third-order valence-electron chi connectivity index (χ3n) is 2.96. The summed E-state index contributed by atoms with van der Waals surface area (Å²) in [6, 6.07) is 7.68. The predicted molar refractivity (Wildman–Crippen MR) is 67.9 cm³/mol. The Kier molecular flexibility index (Phi) is 2.45. The number of rotatable bonds is 1. The number of aliphatic hydroxyl groups excluding tert-OH is 1. The number of nitrogens with zero attached hydrogens (tertiary/aromatic N) is 1. The number of H-pyrrole nitrogens is 1. The van der Waals surface area contributed by atoms with Crippen molar-refractivity contribution in [1.82, 2.24) is 9.88 Å². The number of halogens is 1. The van der Waals surface area contributed by atoms with E-state index in [1.54, 1.807) is 4.90 Å². The zero-order valence-corrected chi connectivity index (χ0v) is 10.6. The summed E-state index contributed by atoms with van der Waals surface area (Å²) < 4.78 is 0.977.